The van der Waals surface area contributed by atoms with Crippen molar-refractivity contribution < 1.29 is 32.3 Å². The van der Waals surface area contributed by atoms with Gasteiger partial charge in [-0.15, -0.1) is 0 Å². The third kappa shape index (κ3) is 10.5. The number of aliphatic hydroxyl groups excluding tert-OH is 1. The number of methoxy groups -OCH3 is 1. The molecule has 0 saturated carbocycles. The third-order valence-electron chi connectivity index (χ3n) is 8.46. The Hall–Kier alpha value is -3.96. The molecule has 2 atom stereocenters. The van der Waals surface area contributed by atoms with Crippen LogP contribution in [0.2, 0.25) is 0 Å². The lowest BCUT2D eigenvalue weighted by Crippen LogP contribution is -2.43. The van der Waals surface area contributed by atoms with E-state index in [0.717, 1.165) is 22.4 Å². The summed E-state index contributed by atoms with van der Waals surface area (Å²) in [6.45, 7) is 9.68. The van der Waals surface area contributed by atoms with Crippen LogP contribution in [0.25, 0.3) is 0 Å². The smallest absolute Gasteiger partial charge is 0.243 e. The van der Waals surface area contributed by atoms with Crippen LogP contribution in [0.1, 0.15) is 81.4 Å². The van der Waals surface area contributed by atoms with E-state index in [1.807, 2.05) is 58.0 Å². The maximum Gasteiger partial charge on any atom is 0.243 e. The van der Waals surface area contributed by atoms with Gasteiger partial charge in [-0.2, -0.15) is 4.31 Å². The average molecular weight is 689 g/mol. The van der Waals surface area contributed by atoms with Gasteiger partial charge in [0.25, 0.3) is 0 Å². The number of rotatable bonds is 18. The molecule has 1 heterocycles. The van der Waals surface area contributed by atoms with Gasteiger partial charge in [0.2, 0.25) is 10.0 Å². The summed E-state index contributed by atoms with van der Waals surface area (Å²) in [5.41, 5.74) is 4.11. The van der Waals surface area contributed by atoms with Gasteiger partial charge in [-0.3, -0.25) is 9.59 Å². The highest BCUT2D eigenvalue weighted by Gasteiger charge is 2.32. The molecule has 3 aromatic carbocycles. The number of hydrogen-bond donors (Lipinski definition) is 1. The van der Waals surface area contributed by atoms with Gasteiger partial charge in [-0.05, 0) is 79.1 Å². The van der Waals surface area contributed by atoms with E-state index >= 15 is 0 Å². The number of nitrogens with zero attached hydrogens (tertiary/aromatic N) is 2. The standard InChI is InChI=1S/C39H48N2O7S/c1-26(2)23-41(49(45,46)35-14-12-31(13-15-35)25-47-6)24-38(44)34(20-30-10-8-7-9-11-30)22-37(43)33-19-27(3)18-32(21-33)36(42)16-17-39-28(4)40-29(5)48-39/h7-15,18-19,21,26,34,38,44H,16-17,20,22-25H2,1-6H3/t34-,38-/m1/s1. The second-order valence-corrected chi connectivity index (χ2v) is 15.1. The van der Waals surface area contributed by atoms with Crippen LogP contribution in [0.15, 0.2) is 82.1 Å². The van der Waals surface area contributed by atoms with Crippen LogP contribution in [-0.2, 0) is 34.2 Å². The Balaban J connectivity index is 1.57. The third-order valence-corrected chi connectivity index (χ3v) is 10.3. The number of hydrogen-bond acceptors (Lipinski definition) is 8. The van der Waals surface area contributed by atoms with E-state index in [-0.39, 0.29) is 48.3 Å². The molecule has 0 fully saturated rings. The second-order valence-electron chi connectivity index (χ2n) is 13.2. The maximum atomic E-state index is 13.9. The number of ether oxygens (including phenoxy) is 1. The van der Waals surface area contributed by atoms with Crippen LogP contribution in [0, 0.1) is 32.6 Å². The molecule has 4 aromatic rings. The number of ketones is 2. The minimum Gasteiger partial charge on any atom is -0.446 e. The first-order chi connectivity index (χ1) is 23.3. The number of aromatic nitrogens is 1. The Morgan fingerprint density at radius 1 is 0.898 bits per heavy atom. The van der Waals surface area contributed by atoms with Crippen LogP contribution in [0.3, 0.4) is 0 Å². The fraction of sp³-hybridized carbons (Fsp3) is 0.410. The molecule has 10 heteroatoms. The predicted molar refractivity (Wildman–Crippen MR) is 189 cm³/mol. The molecule has 0 spiro atoms. The Morgan fingerprint density at radius 3 is 2.14 bits per heavy atom. The molecule has 262 valence electrons. The first-order valence-corrected chi connectivity index (χ1v) is 18.1. The first-order valence-electron chi connectivity index (χ1n) is 16.7. The van der Waals surface area contributed by atoms with E-state index in [1.54, 1.807) is 56.5 Å². The number of benzene rings is 3. The van der Waals surface area contributed by atoms with Crippen molar-refractivity contribution >= 4 is 21.6 Å². The Kier molecular flexibility index (Phi) is 13.2. The Labute approximate surface area is 290 Å². The summed E-state index contributed by atoms with van der Waals surface area (Å²) in [7, 11) is -2.38. The first kappa shape index (κ1) is 37.9. The highest BCUT2D eigenvalue weighted by Crippen LogP contribution is 2.25. The minimum absolute atomic E-state index is 0.0100. The molecule has 0 aliphatic rings. The largest absolute Gasteiger partial charge is 0.446 e. The number of carbonyl (C=O) groups is 2. The van der Waals surface area contributed by atoms with Gasteiger partial charge < -0.3 is 14.3 Å². The highest BCUT2D eigenvalue weighted by atomic mass is 32.2. The topological polar surface area (TPSA) is 127 Å². The van der Waals surface area contributed by atoms with Crippen molar-refractivity contribution in [2.75, 3.05) is 20.2 Å². The van der Waals surface area contributed by atoms with E-state index in [1.165, 1.54) is 4.31 Å². The fourth-order valence-corrected chi connectivity index (χ4v) is 7.63. The van der Waals surface area contributed by atoms with E-state index in [2.05, 4.69) is 4.98 Å². The van der Waals surface area contributed by atoms with Crippen molar-refractivity contribution in [3.8, 4) is 0 Å². The molecule has 1 N–H and O–H groups in total. The Morgan fingerprint density at radius 2 is 1.55 bits per heavy atom. The molecule has 0 amide bonds. The van der Waals surface area contributed by atoms with Crippen molar-refractivity contribution in [2.24, 2.45) is 11.8 Å². The van der Waals surface area contributed by atoms with Crippen molar-refractivity contribution in [3.05, 3.63) is 118 Å². The summed E-state index contributed by atoms with van der Waals surface area (Å²) in [6, 6.07) is 21.2. The van der Waals surface area contributed by atoms with Crippen molar-refractivity contribution in [1.29, 1.82) is 0 Å². The fourth-order valence-electron chi connectivity index (χ4n) is 6.01. The van der Waals surface area contributed by atoms with E-state index in [0.29, 0.717) is 42.2 Å². The van der Waals surface area contributed by atoms with Crippen molar-refractivity contribution in [2.45, 2.75) is 77.9 Å². The summed E-state index contributed by atoms with van der Waals surface area (Å²) in [4.78, 5) is 31.5. The van der Waals surface area contributed by atoms with Crippen LogP contribution in [-0.4, -0.2) is 60.7 Å². The zero-order valence-corrected chi connectivity index (χ0v) is 30.1. The van der Waals surface area contributed by atoms with E-state index < -0.39 is 22.0 Å². The Bertz CT molecular complexity index is 1820. The molecular weight excluding hydrogens is 641 g/mol. The molecule has 0 aliphatic heterocycles. The van der Waals surface area contributed by atoms with Gasteiger partial charge in [0.15, 0.2) is 17.5 Å². The van der Waals surface area contributed by atoms with Gasteiger partial charge in [0.05, 0.1) is 23.3 Å². The molecule has 0 aliphatic carbocycles. The molecule has 0 radical (unpaired) electrons. The van der Waals surface area contributed by atoms with Crippen molar-refractivity contribution in [3.63, 3.8) is 0 Å². The van der Waals surface area contributed by atoms with E-state index in [9.17, 15) is 23.1 Å². The SMILES string of the molecule is COCc1ccc(S(=O)(=O)N(CC(C)C)C[C@@H](O)[C@@H](CC(=O)c2cc(C)cc(C(=O)CCc3oc(C)nc3C)c2)Cc2ccccc2)cc1. The molecule has 9 nitrogen and oxygen atoms in total. The molecule has 0 bridgehead atoms. The number of carbonyl (C=O) groups excluding carboxylic acids is 2. The van der Waals surface area contributed by atoms with Gasteiger partial charge in [0, 0.05) is 57.5 Å². The van der Waals surface area contributed by atoms with Crippen LogP contribution >= 0.6 is 0 Å². The zero-order valence-electron chi connectivity index (χ0n) is 29.3. The summed E-state index contributed by atoms with van der Waals surface area (Å²) in [5, 5.41) is 11.7. The number of oxazole rings is 1. The summed E-state index contributed by atoms with van der Waals surface area (Å²) < 4.78 is 39.8. The average Bonchev–Trinajstić information content (AvgIpc) is 3.39. The highest BCUT2D eigenvalue weighted by molar-refractivity contribution is 7.89. The maximum absolute atomic E-state index is 13.9. The van der Waals surface area contributed by atoms with Crippen LogP contribution in [0.4, 0.5) is 0 Å². The normalized spacial score (nSPS) is 13.2. The van der Waals surface area contributed by atoms with Gasteiger partial charge in [-0.1, -0.05) is 56.3 Å². The minimum atomic E-state index is -3.96. The predicted octanol–water partition coefficient (Wildman–Crippen LogP) is 6.70. The monoisotopic (exact) mass is 688 g/mol. The quantitative estimate of drug-likeness (QED) is 0.115. The van der Waals surface area contributed by atoms with Gasteiger partial charge in [-0.25, -0.2) is 13.4 Å². The lowest BCUT2D eigenvalue weighted by Gasteiger charge is -2.30. The molecule has 49 heavy (non-hydrogen) atoms. The lowest BCUT2D eigenvalue weighted by atomic mass is 9.87. The molecule has 4 rings (SSSR count). The van der Waals surface area contributed by atoms with Gasteiger partial charge in [0.1, 0.15) is 5.76 Å². The molecule has 1 aromatic heterocycles. The molecule has 0 saturated heterocycles. The molecular formula is C39H48N2O7S. The van der Waals surface area contributed by atoms with Gasteiger partial charge >= 0.3 is 0 Å². The molecule has 0 unspecified atom stereocenters. The number of aryl methyl sites for hydroxylation is 4. The van der Waals surface area contributed by atoms with Crippen molar-refractivity contribution in [1.82, 2.24) is 9.29 Å². The lowest BCUT2D eigenvalue weighted by molar-refractivity contribution is 0.0689. The second kappa shape index (κ2) is 17.1. The zero-order chi connectivity index (χ0) is 35.7. The van der Waals surface area contributed by atoms with Crippen LogP contribution in [0.5, 0.6) is 0 Å². The number of aliphatic hydroxyl groups is 1. The summed E-state index contributed by atoms with van der Waals surface area (Å²) in [6.07, 6.45) is -0.212. The number of Topliss-reactive ketones (excluding diaryl/α,β-unsaturated/α-hetero) is 2. The van der Waals surface area contributed by atoms with E-state index in [4.69, 9.17) is 9.15 Å². The summed E-state index contributed by atoms with van der Waals surface area (Å²) in [5.74, 6) is 0.273. The summed E-state index contributed by atoms with van der Waals surface area (Å²) >= 11 is 0. The van der Waals surface area contributed by atoms with Crippen LogP contribution < -0.4 is 0 Å². The number of sulfonamides is 1.